The molecule has 0 unspecified atom stereocenters. The molecule has 0 saturated heterocycles. The summed E-state index contributed by atoms with van der Waals surface area (Å²) < 4.78 is 39.9. The van der Waals surface area contributed by atoms with Crippen LogP contribution < -0.4 is 10.2 Å². The van der Waals surface area contributed by atoms with Gasteiger partial charge in [0.15, 0.2) is 9.84 Å². The Balaban J connectivity index is 1.61. The number of carbonyl (C=O) groups is 2. The van der Waals surface area contributed by atoms with Crippen molar-refractivity contribution in [2.24, 2.45) is 0 Å². The number of para-hydroxylation sites is 1. The minimum Gasteiger partial charge on any atom is -0.350 e. The number of rotatable bonds is 5. The third-order valence-corrected chi connectivity index (χ3v) is 7.52. The Labute approximate surface area is 185 Å². The maximum absolute atomic E-state index is 13.4. The summed E-state index contributed by atoms with van der Waals surface area (Å²) in [7, 11) is -3.86. The van der Waals surface area contributed by atoms with Crippen LogP contribution in [0.1, 0.15) is 22.8 Å². The number of fused-ring (bicyclic) bond motifs is 1. The molecule has 0 spiro atoms. The molecular weight excluding hydrogens is 431 g/mol. The third-order valence-electron chi connectivity index (χ3n) is 5.37. The molecule has 1 aliphatic rings. The van der Waals surface area contributed by atoms with Crippen LogP contribution in [0, 0.1) is 5.82 Å². The van der Waals surface area contributed by atoms with E-state index in [1.807, 2.05) is 0 Å². The standard InChI is InChI=1S/C24H21FN2O4S/c25-19-12-10-17(11-13-19)15-26-23(28)16-27-20-8-4-5-9-21(20)32(30,31)22(14-24(27)29)18-6-2-1-3-7-18/h1-13,22H,14-16H2,(H,26,28)/t22-/m1/s1. The Hall–Kier alpha value is -3.52. The van der Waals surface area contributed by atoms with E-state index in [9.17, 15) is 22.4 Å². The molecule has 0 radical (unpaired) electrons. The van der Waals surface area contributed by atoms with Crippen molar-refractivity contribution < 1.29 is 22.4 Å². The molecule has 0 bridgehead atoms. The molecule has 1 N–H and O–H groups in total. The number of nitrogens with one attached hydrogen (secondary N) is 1. The fourth-order valence-corrected chi connectivity index (χ4v) is 5.65. The maximum atomic E-state index is 13.4. The van der Waals surface area contributed by atoms with E-state index in [4.69, 9.17) is 0 Å². The average molecular weight is 453 g/mol. The van der Waals surface area contributed by atoms with Gasteiger partial charge in [0, 0.05) is 13.0 Å². The van der Waals surface area contributed by atoms with E-state index in [1.54, 1.807) is 54.6 Å². The van der Waals surface area contributed by atoms with Crippen LogP contribution in [0.25, 0.3) is 0 Å². The van der Waals surface area contributed by atoms with Crippen LogP contribution in [0.3, 0.4) is 0 Å². The van der Waals surface area contributed by atoms with Gasteiger partial charge in [-0.2, -0.15) is 0 Å². The van der Waals surface area contributed by atoms with Crippen molar-refractivity contribution in [2.45, 2.75) is 23.1 Å². The summed E-state index contributed by atoms with van der Waals surface area (Å²) in [4.78, 5) is 27.0. The molecule has 6 nitrogen and oxygen atoms in total. The fourth-order valence-electron chi connectivity index (χ4n) is 3.73. The number of halogens is 1. The van der Waals surface area contributed by atoms with E-state index in [0.717, 1.165) is 0 Å². The summed E-state index contributed by atoms with van der Waals surface area (Å²) in [5.74, 6) is -1.28. The highest BCUT2D eigenvalue weighted by Crippen LogP contribution is 2.40. The summed E-state index contributed by atoms with van der Waals surface area (Å²) in [6.45, 7) is -0.165. The van der Waals surface area contributed by atoms with Crippen LogP contribution >= 0.6 is 0 Å². The average Bonchev–Trinajstić information content (AvgIpc) is 2.88. The largest absolute Gasteiger partial charge is 0.350 e. The van der Waals surface area contributed by atoms with Crippen molar-refractivity contribution in [3.8, 4) is 0 Å². The number of nitrogens with zero attached hydrogens (tertiary/aromatic N) is 1. The van der Waals surface area contributed by atoms with Gasteiger partial charge in [-0.05, 0) is 35.4 Å². The Kier molecular flexibility index (Phi) is 6.05. The Morgan fingerprint density at radius 2 is 1.62 bits per heavy atom. The van der Waals surface area contributed by atoms with Gasteiger partial charge in [0.05, 0.1) is 15.8 Å². The second-order valence-electron chi connectivity index (χ2n) is 7.50. The monoisotopic (exact) mass is 452 g/mol. The molecule has 1 aliphatic heterocycles. The van der Waals surface area contributed by atoms with Crippen LogP contribution in [0.2, 0.25) is 0 Å². The van der Waals surface area contributed by atoms with E-state index in [-0.39, 0.29) is 35.9 Å². The normalized spacial score (nSPS) is 17.3. The first-order valence-corrected chi connectivity index (χ1v) is 11.6. The van der Waals surface area contributed by atoms with Crippen LogP contribution in [-0.4, -0.2) is 26.8 Å². The lowest BCUT2D eigenvalue weighted by molar-refractivity contribution is -0.124. The van der Waals surface area contributed by atoms with Gasteiger partial charge in [0.1, 0.15) is 12.4 Å². The van der Waals surface area contributed by atoms with Crippen molar-refractivity contribution in [1.29, 1.82) is 0 Å². The summed E-state index contributed by atoms with van der Waals surface area (Å²) in [6.07, 6.45) is -0.272. The molecule has 3 aromatic carbocycles. The van der Waals surface area contributed by atoms with E-state index in [1.165, 1.54) is 29.2 Å². The zero-order chi connectivity index (χ0) is 22.7. The molecule has 164 valence electrons. The first-order valence-electron chi connectivity index (χ1n) is 10.1. The highest BCUT2D eigenvalue weighted by molar-refractivity contribution is 7.92. The molecule has 0 saturated carbocycles. The van der Waals surface area contributed by atoms with Crippen LogP contribution in [0.4, 0.5) is 10.1 Å². The summed E-state index contributed by atoms with van der Waals surface area (Å²) in [6, 6.07) is 20.5. The summed E-state index contributed by atoms with van der Waals surface area (Å²) >= 11 is 0. The lowest BCUT2D eigenvalue weighted by Crippen LogP contribution is -2.40. The van der Waals surface area contributed by atoms with Crippen molar-refractivity contribution in [1.82, 2.24) is 5.32 Å². The van der Waals surface area contributed by atoms with Gasteiger partial charge in [0.25, 0.3) is 0 Å². The highest BCUT2D eigenvalue weighted by atomic mass is 32.2. The molecule has 0 fully saturated rings. The lowest BCUT2D eigenvalue weighted by Gasteiger charge is -2.21. The van der Waals surface area contributed by atoms with Crippen molar-refractivity contribution in [3.63, 3.8) is 0 Å². The van der Waals surface area contributed by atoms with E-state index in [0.29, 0.717) is 11.1 Å². The molecule has 1 heterocycles. The topological polar surface area (TPSA) is 83.6 Å². The Morgan fingerprint density at radius 1 is 0.969 bits per heavy atom. The smallest absolute Gasteiger partial charge is 0.240 e. The van der Waals surface area contributed by atoms with Crippen molar-refractivity contribution in [2.75, 3.05) is 11.4 Å². The summed E-state index contributed by atoms with van der Waals surface area (Å²) in [5.41, 5.74) is 1.42. The minimum atomic E-state index is -3.86. The van der Waals surface area contributed by atoms with Gasteiger partial charge < -0.3 is 10.2 Å². The number of carbonyl (C=O) groups excluding carboxylic acids is 2. The number of amides is 2. The number of anilines is 1. The maximum Gasteiger partial charge on any atom is 0.240 e. The van der Waals surface area contributed by atoms with Gasteiger partial charge in [-0.1, -0.05) is 54.6 Å². The second-order valence-corrected chi connectivity index (χ2v) is 9.60. The number of sulfone groups is 1. The number of benzene rings is 3. The Bertz CT molecular complexity index is 1240. The minimum absolute atomic E-state index is 0.0195. The fraction of sp³-hybridized carbons (Fsp3) is 0.167. The predicted octanol–water partition coefficient (Wildman–Crippen LogP) is 3.39. The van der Waals surface area contributed by atoms with Crippen LogP contribution in [0.15, 0.2) is 83.8 Å². The molecule has 32 heavy (non-hydrogen) atoms. The van der Waals surface area contributed by atoms with E-state index < -0.39 is 26.9 Å². The Morgan fingerprint density at radius 3 is 2.34 bits per heavy atom. The zero-order valence-electron chi connectivity index (χ0n) is 17.1. The molecule has 2 amide bonds. The molecular formula is C24H21FN2O4S. The molecule has 4 rings (SSSR count). The molecule has 1 atom stereocenters. The SMILES string of the molecule is O=C(CN1C(=O)C[C@H](c2ccccc2)S(=O)(=O)c2ccccc21)NCc1ccc(F)cc1. The lowest BCUT2D eigenvalue weighted by atomic mass is 10.1. The number of hydrogen-bond donors (Lipinski definition) is 1. The third kappa shape index (κ3) is 4.40. The van der Waals surface area contributed by atoms with Crippen LogP contribution in [-0.2, 0) is 26.0 Å². The van der Waals surface area contributed by atoms with Crippen molar-refractivity contribution >= 4 is 27.3 Å². The van der Waals surface area contributed by atoms with Gasteiger partial charge in [-0.15, -0.1) is 0 Å². The quantitative estimate of drug-likeness (QED) is 0.643. The zero-order valence-corrected chi connectivity index (χ0v) is 17.9. The van der Waals surface area contributed by atoms with E-state index >= 15 is 0 Å². The van der Waals surface area contributed by atoms with Gasteiger partial charge in [-0.3, -0.25) is 9.59 Å². The second kappa shape index (κ2) is 8.92. The molecule has 0 aromatic heterocycles. The van der Waals surface area contributed by atoms with E-state index in [2.05, 4.69) is 5.32 Å². The van der Waals surface area contributed by atoms with Gasteiger partial charge >= 0.3 is 0 Å². The first kappa shape index (κ1) is 21.7. The van der Waals surface area contributed by atoms with Gasteiger partial charge in [0.2, 0.25) is 11.8 Å². The summed E-state index contributed by atoms with van der Waals surface area (Å²) in [5, 5.41) is 1.66. The first-order chi connectivity index (χ1) is 15.4. The molecule has 8 heteroatoms. The van der Waals surface area contributed by atoms with Crippen molar-refractivity contribution in [3.05, 3.63) is 95.8 Å². The predicted molar refractivity (Wildman–Crippen MR) is 118 cm³/mol. The van der Waals surface area contributed by atoms with Gasteiger partial charge in [-0.25, -0.2) is 12.8 Å². The van der Waals surface area contributed by atoms with Crippen LogP contribution in [0.5, 0.6) is 0 Å². The highest BCUT2D eigenvalue weighted by Gasteiger charge is 2.39. The molecule has 0 aliphatic carbocycles. The number of hydrogen-bond acceptors (Lipinski definition) is 4. The molecule has 3 aromatic rings.